The van der Waals surface area contributed by atoms with Crippen LogP contribution in [0.25, 0.3) is 0 Å². The van der Waals surface area contributed by atoms with Crippen molar-refractivity contribution in [2.24, 2.45) is 29.1 Å². The van der Waals surface area contributed by atoms with Gasteiger partial charge >= 0.3 is 5.97 Å². The number of likely N-dealkylation sites (tertiary alicyclic amines) is 1. The van der Waals surface area contributed by atoms with Gasteiger partial charge in [0.15, 0.2) is 0 Å². The van der Waals surface area contributed by atoms with Gasteiger partial charge in [-0.15, -0.1) is 0 Å². The van der Waals surface area contributed by atoms with Gasteiger partial charge in [-0.05, 0) is 81.1 Å². The van der Waals surface area contributed by atoms with E-state index in [-0.39, 0.29) is 11.9 Å². The third kappa shape index (κ3) is 2.62. The molecule has 1 aliphatic heterocycles. The van der Waals surface area contributed by atoms with Gasteiger partial charge < -0.3 is 9.64 Å². The van der Waals surface area contributed by atoms with Crippen molar-refractivity contribution in [1.82, 2.24) is 4.90 Å². The van der Waals surface area contributed by atoms with Gasteiger partial charge in [0.1, 0.15) is 0 Å². The summed E-state index contributed by atoms with van der Waals surface area (Å²) in [5.74, 6) is 3.20. The number of hydrogen-bond acceptors (Lipinski definition) is 3. The predicted molar refractivity (Wildman–Crippen MR) is 81.8 cm³/mol. The third-order valence-electron chi connectivity index (χ3n) is 6.76. The first kappa shape index (κ1) is 14.0. The van der Waals surface area contributed by atoms with Gasteiger partial charge in [0.2, 0.25) is 0 Å². The van der Waals surface area contributed by atoms with E-state index < -0.39 is 0 Å². The molecule has 3 nitrogen and oxygen atoms in total. The zero-order valence-electron chi connectivity index (χ0n) is 13.4. The Hall–Kier alpha value is -0.570. The highest BCUT2D eigenvalue weighted by atomic mass is 16.5. The molecule has 0 aromatic heterocycles. The van der Waals surface area contributed by atoms with Gasteiger partial charge in [-0.3, -0.25) is 4.79 Å². The average molecular weight is 291 g/mol. The maximum Gasteiger partial charge on any atom is 0.309 e. The van der Waals surface area contributed by atoms with E-state index >= 15 is 0 Å². The molecule has 0 unspecified atom stereocenters. The van der Waals surface area contributed by atoms with E-state index in [9.17, 15) is 4.79 Å². The molecule has 1 saturated heterocycles. The van der Waals surface area contributed by atoms with E-state index in [1.54, 1.807) is 0 Å². The van der Waals surface area contributed by atoms with Crippen molar-refractivity contribution in [2.75, 3.05) is 26.7 Å². The number of esters is 1. The molecule has 5 fully saturated rings. The minimum Gasteiger partial charge on any atom is -0.469 e. The number of nitrogens with zero attached hydrogens (tertiary/aromatic N) is 1. The van der Waals surface area contributed by atoms with Crippen molar-refractivity contribution in [3.63, 3.8) is 0 Å². The summed E-state index contributed by atoms with van der Waals surface area (Å²) in [7, 11) is 1.53. The largest absolute Gasteiger partial charge is 0.469 e. The Morgan fingerprint density at radius 3 is 2.33 bits per heavy atom. The van der Waals surface area contributed by atoms with Crippen LogP contribution in [-0.2, 0) is 9.53 Å². The maximum atomic E-state index is 11.8. The van der Waals surface area contributed by atoms with Crippen molar-refractivity contribution in [2.45, 2.75) is 51.4 Å². The number of hydrogen-bond donors (Lipinski definition) is 0. The molecule has 5 rings (SSSR count). The van der Waals surface area contributed by atoms with Crippen LogP contribution in [0.2, 0.25) is 0 Å². The highest BCUT2D eigenvalue weighted by molar-refractivity contribution is 5.72. The summed E-state index contributed by atoms with van der Waals surface area (Å²) < 4.78 is 4.97. The Morgan fingerprint density at radius 1 is 1.14 bits per heavy atom. The summed E-state index contributed by atoms with van der Waals surface area (Å²) in [4.78, 5) is 14.4. The molecule has 5 aliphatic rings. The summed E-state index contributed by atoms with van der Waals surface area (Å²) in [5, 5.41) is 0. The van der Waals surface area contributed by atoms with Gasteiger partial charge in [0, 0.05) is 13.1 Å². The number of carbonyl (C=O) groups excluding carboxylic acids is 1. The fourth-order valence-corrected chi connectivity index (χ4v) is 6.52. The van der Waals surface area contributed by atoms with Crippen molar-refractivity contribution < 1.29 is 9.53 Å². The molecular weight excluding hydrogens is 262 g/mol. The second-order valence-corrected chi connectivity index (χ2v) is 8.51. The number of piperidine rings is 1. The normalized spacial score (nSPS) is 45.8. The van der Waals surface area contributed by atoms with E-state index in [4.69, 9.17) is 4.74 Å². The molecule has 21 heavy (non-hydrogen) atoms. The van der Waals surface area contributed by atoms with Gasteiger partial charge in [-0.2, -0.15) is 0 Å². The van der Waals surface area contributed by atoms with Crippen LogP contribution in [0.5, 0.6) is 0 Å². The van der Waals surface area contributed by atoms with Gasteiger partial charge in [0.25, 0.3) is 0 Å². The first-order valence-electron chi connectivity index (χ1n) is 8.96. The molecule has 0 radical (unpaired) electrons. The summed E-state index contributed by atoms with van der Waals surface area (Å²) in [6.07, 6.45) is 11.1. The molecule has 4 bridgehead atoms. The van der Waals surface area contributed by atoms with Crippen LogP contribution in [-0.4, -0.2) is 37.6 Å². The molecule has 0 aromatic rings. The standard InChI is InChI=1S/C18H29NO2/c1-21-17(20)16-3-2-4-19(11-16)12-18-8-13-5-14(9-18)7-15(6-13)10-18/h13-16H,2-12H2,1H3/t13?,14?,15?,16-,18?/m0/s1. The van der Waals surface area contributed by atoms with E-state index in [1.165, 1.54) is 58.7 Å². The van der Waals surface area contributed by atoms with Crippen LogP contribution in [0.1, 0.15) is 51.4 Å². The third-order valence-corrected chi connectivity index (χ3v) is 6.76. The molecule has 118 valence electrons. The molecule has 1 heterocycles. The predicted octanol–water partition coefficient (Wildman–Crippen LogP) is 3.09. The van der Waals surface area contributed by atoms with Crippen molar-refractivity contribution in [1.29, 1.82) is 0 Å². The quantitative estimate of drug-likeness (QED) is 0.748. The number of ether oxygens (including phenoxy) is 1. The number of carbonyl (C=O) groups is 1. The van der Waals surface area contributed by atoms with Crippen LogP contribution < -0.4 is 0 Å². The average Bonchev–Trinajstić information content (AvgIpc) is 2.44. The monoisotopic (exact) mass is 291 g/mol. The lowest BCUT2D eigenvalue weighted by molar-refractivity contribution is -0.148. The summed E-state index contributed by atoms with van der Waals surface area (Å²) in [6.45, 7) is 3.38. The molecule has 3 heteroatoms. The number of rotatable bonds is 3. The highest BCUT2D eigenvalue weighted by Crippen LogP contribution is 2.60. The molecule has 0 spiro atoms. The molecule has 1 atom stereocenters. The first-order chi connectivity index (χ1) is 10.2. The second-order valence-electron chi connectivity index (χ2n) is 8.51. The van der Waals surface area contributed by atoms with Crippen LogP contribution in [0.15, 0.2) is 0 Å². The molecular formula is C18H29NO2. The van der Waals surface area contributed by atoms with Crippen LogP contribution >= 0.6 is 0 Å². The van der Waals surface area contributed by atoms with Crippen LogP contribution in [0.4, 0.5) is 0 Å². The lowest BCUT2D eigenvalue weighted by Crippen LogP contribution is -2.53. The Labute approximate surface area is 128 Å². The van der Waals surface area contributed by atoms with Gasteiger partial charge in [-0.25, -0.2) is 0 Å². The van der Waals surface area contributed by atoms with E-state index in [2.05, 4.69) is 4.90 Å². The fourth-order valence-electron chi connectivity index (χ4n) is 6.52. The Balaban J connectivity index is 1.42. The van der Waals surface area contributed by atoms with Crippen molar-refractivity contribution >= 4 is 5.97 Å². The molecule has 0 amide bonds. The van der Waals surface area contributed by atoms with Crippen molar-refractivity contribution in [3.05, 3.63) is 0 Å². The summed E-state index contributed by atoms with van der Waals surface area (Å²) in [5.41, 5.74) is 0.604. The molecule has 0 aromatic carbocycles. The minimum atomic E-state index is 0.00483. The minimum absolute atomic E-state index is 0.00483. The lowest BCUT2D eigenvalue weighted by Gasteiger charge is -2.58. The zero-order chi connectivity index (χ0) is 14.4. The SMILES string of the molecule is COC(=O)[C@H]1CCCN(CC23CC4CC(CC(C4)C2)C3)C1. The molecule has 4 saturated carbocycles. The Bertz CT molecular complexity index is 384. The smallest absolute Gasteiger partial charge is 0.309 e. The van der Waals surface area contributed by atoms with E-state index in [0.29, 0.717) is 5.41 Å². The number of methoxy groups -OCH3 is 1. The van der Waals surface area contributed by atoms with Gasteiger partial charge in [0.05, 0.1) is 13.0 Å². The summed E-state index contributed by atoms with van der Waals surface area (Å²) >= 11 is 0. The Morgan fingerprint density at radius 2 is 1.76 bits per heavy atom. The Kier molecular flexibility index (Phi) is 3.52. The van der Waals surface area contributed by atoms with Crippen molar-refractivity contribution in [3.8, 4) is 0 Å². The van der Waals surface area contributed by atoms with Gasteiger partial charge in [-0.1, -0.05) is 0 Å². The summed E-state index contributed by atoms with van der Waals surface area (Å²) in [6, 6.07) is 0. The zero-order valence-corrected chi connectivity index (χ0v) is 13.4. The van der Waals surface area contributed by atoms with E-state index in [0.717, 1.165) is 37.1 Å². The second kappa shape index (κ2) is 5.26. The van der Waals surface area contributed by atoms with Crippen LogP contribution in [0, 0.1) is 29.1 Å². The maximum absolute atomic E-state index is 11.8. The van der Waals surface area contributed by atoms with Crippen LogP contribution in [0.3, 0.4) is 0 Å². The topological polar surface area (TPSA) is 29.5 Å². The first-order valence-corrected chi connectivity index (χ1v) is 8.96. The highest BCUT2D eigenvalue weighted by Gasteiger charge is 2.51. The lowest BCUT2D eigenvalue weighted by atomic mass is 9.49. The fraction of sp³-hybridized carbons (Fsp3) is 0.944. The molecule has 0 N–H and O–H groups in total. The van der Waals surface area contributed by atoms with E-state index in [1.807, 2.05) is 0 Å². The molecule has 4 aliphatic carbocycles.